The summed E-state index contributed by atoms with van der Waals surface area (Å²) in [5, 5.41) is 60.5. The monoisotopic (exact) mass is 1900 g/mol. The second-order valence-electron chi connectivity index (χ2n) is 34.5. The third kappa shape index (κ3) is 30.3. The second-order valence-corrected chi connectivity index (χ2v) is 35.5. The number of thioether (sulfide) groups is 1. The number of amides is 17. The summed E-state index contributed by atoms with van der Waals surface area (Å²) < 4.78 is 0. The third-order valence-corrected chi connectivity index (χ3v) is 24.9. The number of para-hydroxylation sites is 2. The van der Waals surface area contributed by atoms with Gasteiger partial charge in [0.05, 0.1) is 37.1 Å². The van der Waals surface area contributed by atoms with E-state index in [1.165, 1.54) is 40.2 Å². The van der Waals surface area contributed by atoms with E-state index in [1.807, 2.05) is 13.8 Å². The van der Waals surface area contributed by atoms with Crippen molar-refractivity contribution < 1.29 is 91.7 Å². The minimum Gasteiger partial charge on any atom is -0.394 e. The smallest absolute Gasteiger partial charge is 0.246 e. The van der Waals surface area contributed by atoms with Crippen LogP contribution in [0.4, 0.5) is 5.69 Å². The van der Waals surface area contributed by atoms with Gasteiger partial charge < -0.3 is 138 Å². The Bertz CT molecular complexity index is 5100. The van der Waals surface area contributed by atoms with Crippen LogP contribution in [0.1, 0.15) is 135 Å². The third-order valence-electron chi connectivity index (χ3n) is 23.8. The van der Waals surface area contributed by atoms with Crippen LogP contribution in [0, 0.1) is 11.3 Å². The number of hydrogen-bond donors (Lipinski definition) is 22. The predicted octanol–water partition coefficient (Wildman–Crippen LogP) is -4.74. The molecule has 0 spiro atoms. The molecule has 15 atom stereocenters. The molecular formula is C89H130N26O19S. The van der Waals surface area contributed by atoms with Crippen molar-refractivity contribution in [1.82, 2.24) is 93.0 Å². The lowest BCUT2D eigenvalue weighted by Gasteiger charge is -2.36. The summed E-state index contributed by atoms with van der Waals surface area (Å²) in [5.74, 6) is -18.3. The minimum absolute atomic E-state index is 0.0143. The molecule has 2 aromatic heterocycles. The maximum atomic E-state index is 15.7. The van der Waals surface area contributed by atoms with Gasteiger partial charge >= 0.3 is 0 Å². The van der Waals surface area contributed by atoms with Crippen molar-refractivity contribution in [2.45, 2.75) is 228 Å². The van der Waals surface area contributed by atoms with Crippen LogP contribution < -0.4 is 92.9 Å². The minimum atomic E-state index is -1.89. The molecule has 5 heterocycles. The number of unbranched alkanes of at least 4 members (excludes halogenated alkanes) is 2. The normalized spacial score (nSPS) is 24.7. The summed E-state index contributed by atoms with van der Waals surface area (Å²) >= 11 is 0.759. The molecule has 3 aliphatic heterocycles. The van der Waals surface area contributed by atoms with Gasteiger partial charge in [-0.2, -0.15) is 0 Å². The molecule has 3 fully saturated rings. The molecule has 3 saturated heterocycles. The molecule has 0 bridgehead atoms. The van der Waals surface area contributed by atoms with E-state index >= 15 is 33.6 Å². The number of aromatic amines is 2. The fourth-order valence-corrected chi connectivity index (χ4v) is 17.3. The molecule has 0 saturated carbocycles. The van der Waals surface area contributed by atoms with Crippen LogP contribution in [0.25, 0.3) is 21.8 Å². The standard InChI is InChI=1S/C89H130N26O19S/c1-9-11-24-67-80(127)103-58(23-17-31-97-88(93)94)76(123)110-66(75(122)100-42-72(92)119)45-135-46-73(120)102-61(34-49-27-29-52(30-28-49)101-89(95)96)83(130)111(6)48(5)74(121)105-63(38-71(91)118)85(132)114-32-18-26-68(114)81(128)108-64(39-90)78(125)106-60(33-47(3)4)86(133)115-43-53(117)37-70(115)82(129)104-59(35-50-40-98-56-21-15-13-19-54(50)56)77(124)109-65(44-116)79(126)107-62(36-51-41-99-57-22-16-14-20-55(51)57)84(131)113(8)69(25-12-10-2)87(134)112(67)7/h13-16,19-22,27-30,40-41,47-48,53,58-70,98-99,116-117H,9-12,17-18,23-26,31-39,42-46,90H2,1-8H3,(H2,91,118)(H2,92,119)(H,100,122)(H,102,120)(H,103,127)(H,104,129)(H,105,121)(H,106,125)(H,107,126)(H,108,128)(H,109,124)(H,110,123)(H4,93,94,97)(H4,95,96,101)/t48-,53+,58-,59-,60-,61-,62-,63-,64-,65-,66-,67-,68-,69-,70-/m0/s1. The number of rotatable bonds is 26. The number of carbonyl (C=O) groups excluding carboxylic acids is 17. The predicted molar refractivity (Wildman–Crippen MR) is 500 cm³/mol. The maximum Gasteiger partial charge on any atom is 0.246 e. The van der Waals surface area contributed by atoms with Crippen LogP contribution in [0.15, 0.2) is 90.2 Å². The number of nitrogens with zero attached hydrogens (tertiary/aromatic N) is 6. The van der Waals surface area contributed by atoms with Gasteiger partial charge in [-0.3, -0.25) is 86.9 Å². The first-order valence-electron chi connectivity index (χ1n) is 45.1. The summed E-state index contributed by atoms with van der Waals surface area (Å²) in [6.07, 6.45) is 1.22. The van der Waals surface area contributed by atoms with Crippen molar-refractivity contribution in [1.29, 1.82) is 5.41 Å². The Hall–Kier alpha value is -13.5. The van der Waals surface area contributed by atoms with E-state index in [9.17, 15) is 58.2 Å². The molecule has 46 heteroatoms. The van der Waals surface area contributed by atoms with Gasteiger partial charge in [0.25, 0.3) is 0 Å². The lowest BCUT2D eigenvalue weighted by Crippen LogP contribution is -2.62. The number of guanidine groups is 2. The number of aliphatic imine (C=N–C) groups is 1. The van der Waals surface area contributed by atoms with Gasteiger partial charge in [-0.15, -0.1) is 11.8 Å². The molecule has 3 aromatic carbocycles. The van der Waals surface area contributed by atoms with E-state index in [4.69, 9.17) is 39.8 Å². The van der Waals surface area contributed by atoms with Crippen molar-refractivity contribution in [3.8, 4) is 0 Å². The van der Waals surface area contributed by atoms with Gasteiger partial charge in [-0.25, -0.2) is 4.99 Å². The maximum absolute atomic E-state index is 15.7. The van der Waals surface area contributed by atoms with E-state index in [1.54, 1.807) is 86.9 Å². The molecule has 135 heavy (non-hydrogen) atoms. The number of hydrogen-bond acceptors (Lipinski definition) is 23. The van der Waals surface area contributed by atoms with Crippen molar-refractivity contribution in [3.63, 3.8) is 0 Å². The van der Waals surface area contributed by atoms with Crippen molar-refractivity contribution in [2.24, 2.45) is 45.3 Å². The Kier molecular flexibility index (Phi) is 40.4. The second kappa shape index (κ2) is 51.1. The zero-order chi connectivity index (χ0) is 99.2. The highest BCUT2D eigenvalue weighted by atomic mass is 32.2. The largest absolute Gasteiger partial charge is 0.394 e. The van der Waals surface area contributed by atoms with E-state index in [0.29, 0.717) is 69.9 Å². The lowest BCUT2D eigenvalue weighted by molar-refractivity contribution is -0.149. The number of carbonyl (C=O) groups is 17. The topological polar surface area (TPSA) is 703 Å². The summed E-state index contributed by atoms with van der Waals surface area (Å²) in [5.41, 5.74) is 37.2. The van der Waals surface area contributed by atoms with Crippen molar-refractivity contribution in [3.05, 3.63) is 102 Å². The van der Waals surface area contributed by atoms with E-state index in [-0.39, 0.29) is 89.2 Å². The van der Waals surface area contributed by atoms with Crippen molar-refractivity contribution >= 4 is 152 Å². The number of aromatic nitrogens is 2. The molecule has 3 aliphatic rings. The fraction of sp³-hybridized carbons (Fsp3) is 0.539. The van der Waals surface area contributed by atoms with Crippen molar-refractivity contribution in [2.75, 3.05) is 72.0 Å². The van der Waals surface area contributed by atoms with Gasteiger partial charge in [-0.05, 0) is 98.7 Å². The molecule has 0 unspecified atom stereocenters. The van der Waals surface area contributed by atoms with Crippen LogP contribution >= 0.6 is 11.8 Å². The molecule has 0 radical (unpaired) electrons. The SMILES string of the molecule is CCCC[C@H]1C(=O)N(C)[C@@H](CCCC)C(=O)N[C@@H](CCCNC(=N)N)C(=O)N[C@H](C(=O)NCC(N)=O)CSCC(=O)N[C@@H](Cc2ccc(N=C(N)N)cc2)C(=O)N(C)[C@@H](C)C(=O)N[C@@H](CC(N)=O)C(=O)N2CCC[C@H]2C(=O)N[C@@H](CN)C(=O)N[C@@H](CC(C)C)C(=O)N2C[C@H](O)C[C@H]2C(=O)N[C@@H](Cc2c[nH]c3ccccc23)C(=O)N[C@@H](CO)C(=O)N[C@@H](Cc2c[nH]c3ccccc23)C(=O)N1C. The number of likely N-dealkylation sites (N-methyl/N-ethyl adjacent to an activating group) is 3. The van der Waals surface area contributed by atoms with E-state index < -0.39 is 248 Å². The van der Waals surface area contributed by atoms with Gasteiger partial charge in [0, 0.05) is 113 Å². The van der Waals surface area contributed by atoms with Crippen LogP contribution in [0.3, 0.4) is 0 Å². The summed E-state index contributed by atoms with van der Waals surface area (Å²) in [4.78, 5) is 265. The first kappa shape index (κ1) is 107. The van der Waals surface area contributed by atoms with E-state index in [2.05, 4.69) is 73.4 Å². The van der Waals surface area contributed by atoms with Crippen LogP contribution in [-0.2, 0) is 101 Å². The molecule has 17 amide bonds. The Balaban J connectivity index is 1.19. The Morgan fingerprint density at radius 2 is 1.07 bits per heavy atom. The number of aliphatic hydroxyl groups excluding tert-OH is 2. The molecular weight excluding hydrogens is 1770 g/mol. The first-order chi connectivity index (χ1) is 64.2. The van der Waals surface area contributed by atoms with Gasteiger partial charge in [0.15, 0.2) is 11.9 Å². The number of benzene rings is 3. The summed E-state index contributed by atoms with van der Waals surface area (Å²) in [7, 11) is 3.89. The quantitative estimate of drug-likeness (QED) is 0.0140. The number of fused-ring (bicyclic) bond motifs is 4. The van der Waals surface area contributed by atoms with Crippen LogP contribution in [0.2, 0.25) is 0 Å². The zero-order valence-electron chi connectivity index (χ0n) is 77.2. The molecule has 28 N–H and O–H groups in total. The summed E-state index contributed by atoms with van der Waals surface area (Å²) in [6.45, 7) is 5.36. The molecule has 45 nitrogen and oxygen atoms in total. The zero-order valence-corrected chi connectivity index (χ0v) is 78.0. The van der Waals surface area contributed by atoms with Gasteiger partial charge in [0.2, 0.25) is 100 Å². The van der Waals surface area contributed by atoms with Gasteiger partial charge in [0.1, 0.15) is 84.6 Å². The molecule has 0 aliphatic carbocycles. The highest BCUT2D eigenvalue weighted by Gasteiger charge is 2.47. The number of aliphatic hydroxyl groups is 2. The molecule has 736 valence electrons. The Labute approximate surface area is 785 Å². The average Bonchev–Trinajstić information content (AvgIpc) is 1.59. The number of primary amides is 2. The first-order valence-corrected chi connectivity index (χ1v) is 46.2. The number of nitrogens with two attached hydrogens (primary N) is 6. The number of nitrogens with one attached hydrogen (secondary N) is 14. The average molecular weight is 1900 g/mol. The summed E-state index contributed by atoms with van der Waals surface area (Å²) in [6, 6.07) is -1.81. The Morgan fingerprint density at radius 1 is 0.548 bits per heavy atom. The van der Waals surface area contributed by atoms with Gasteiger partial charge in [-0.1, -0.05) is 102 Å². The lowest BCUT2D eigenvalue weighted by atomic mass is 10.00. The molecule has 5 aromatic rings. The highest BCUT2D eigenvalue weighted by Crippen LogP contribution is 2.28. The fourth-order valence-electron chi connectivity index (χ4n) is 16.4. The van der Waals surface area contributed by atoms with E-state index in [0.717, 1.165) is 36.3 Å². The van der Waals surface area contributed by atoms with Crippen LogP contribution in [-0.4, -0.2) is 320 Å². The number of H-pyrrole nitrogens is 2. The highest BCUT2D eigenvalue weighted by molar-refractivity contribution is 8.00. The Morgan fingerprint density at radius 3 is 1.67 bits per heavy atom. The molecule has 8 rings (SSSR count). The van der Waals surface area contributed by atoms with Crippen LogP contribution in [0.5, 0.6) is 0 Å².